The monoisotopic (exact) mass is 354 g/mol. The molecule has 1 aliphatic heterocycles. The molecule has 0 radical (unpaired) electrons. The van der Waals surface area contributed by atoms with Gasteiger partial charge in [-0.2, -0.15) is 5.10 Å². The molecule has 0 amide bonds. The zero-order valence-corrected chi connectivity index (χ0v) is 14.9. The second-order valence-electron chi connectivity index (χ2n) is 6.21. The zero-order valence-electron chi connectivity index (χ0n) is 14.9. The molecule has 3 aromatic rings. The summed E-state index contributed by atoms with van der Waals surface area (Å²) < 4.78 is 10.8. The highest BCUT2D eigenvalue weighted by molar-refractivity contribution is 5.86. The van der Waals surface area contributed by atoms with Crippen molar-refractivity contribution < 1.29 is 9.47 Å². The Kier molecular flexibility index (Phi) is 4.68. The first-order chi connectivity index (χ1) is 12.7. The van der Waals surface area contributed by atoms with Crippen LogP contribution >= 0.6 is 0 Å². The summed E-state index contributed by atoms with van der Waals surface area (Å²) in [6.07, 6.45) is 1.49. The number of aromatic nitrogens is 4. The summed E-state index contributed by atoms with van der Waals surface area (Å²) in [6.45, 7) is 5.32. The van der Waals surface area contributed by atoms with E-state index in [9.17, 15) is 0 Å². The molecule has 2 N–H and O–H groups in total. The lowest BCUT2D eigenvalue weighted by Crippen LogP contribution is -2.36. The van der Waals surface area contributed by atoms with Gasteiger partial charge in [-0.25, -0.2) is 9.97 Å². The van der Waals surface area contributed by atoms with E-state index in [1.165, 1.54) is 5.69 Å². The highest BCUT2D eigenvalue weighted by atomic mass is 16.5. The predicted molar refractivity (Wildman–Crippen MR) is 99.9 cm³/mol. The number of nitrogens with zero attached hydrogens (tertiary/aromatic N) is 4. The van der Waals surface area contributed by atoms with E-state index < -0.39 is 0 Å². The number of benzene rings is 1. The summed E-state index contributed by atoms with van der Waals surface area (Å²) in [5.74, 6) is 1.30. The Balaban J connectivity index is 1.59. The molecule has 0 spiro atoms. The summed E-state index contributed by atoms with van der Waals surface area (Å²) in [6, 6.07) is 8.32. The Bertz CT molecular complexity index is 873. The van der Waals surface area contributed by atoms with Gasteiger partial charge in [0.05, 0.1) is 19.4 Å². The first-order valence-corrected chi connectivity index (χ1v) is 8.68. The quantitative estimate of drug-likeness (QED) is 0.728. The molecule has 8 heteroatoms. The van der Waals surface area contributed by atoms with Gasteiger partial charge in [0, 0.05) is 31.6 Å². The van der Waals surface area contributed by atoms with E-state index >= 15 is 0 Å². The molecular formula is C18H22N6O2. The van der Waals surface area contributed by atoms with E-state index in [2.05, 4.69) is 54.6 Å². The van der Waals surface area contributed by atoms with Crippen LogP contribution in [0.3, 0.4) is 0 Å². The normalized spacial score (nSPS) is 16.0. The fraction of sp³-hybridized carbons (Fsp3) is 0.389. The van der Waals surface area contributed by atoms with Gasteiger partial charge >= 0.3 is 0 Å². The van der Waals surface area contributed by atoms with E-state index in [0.29, 0.717) is 11.6 Å². The molecule has 0 saturated carbocycles. The minimum Gasteiger partial charge on any atom is -0.378 e. The number of methoxy groups -OCH3 is 1. The number of nitrogens with one attached hydrogen (secondary N) is 2. The highest BCUT2D eigenvalue weighted by Gasteiger charge is 2.15. The average molecular weight is 354 g/mol. The van der Waals surface area contributed by atoms with Crippen LogP contribution in [0.2, 0.25) is 0 Å². The van der Waals surface area contributed by atoms with Gasteiger partial charge in [-0.05, 0) is 31.2 Å². The van der Waals surface area contributed by atoms with Gasteiger partial charge in [0.25, 0.3) is 0 Å². The molecule has 1 saturated heterocycles. The minimum atomic E-state index is -0.196. The van der Waals surface area contributed by atoms with Gasteiger partial charge in [-0.1, -0.05) is 0 Å². The van der Waals surface area contributed by atoms with Crippen molar-refractivity contribution in [2.75, 3.05) is 43.6 Å². The molecule has 1 aliphatic rings. The molecule has 26 heavy (non-hydrogen) atoms. The van der Waals surface area contributed by atoms with Crippen LogP contribution < -0.4 is 10.2 Å². The molecule has 4 rings (SSSR count). The van der Waals surface area contributed by atoms with E-state index in [4.69, 9.17) is 9.47 Å². The molecule has 8 nitrogen and oxygen atoms in total. The number of H-pyrrole nitrogens is 1. The number of hydrogen-bond donors (Lipinski definition) is 2. The minimum absolute atomic E-state index is 0.196. The predicted octanol–water partition coefficient (Wildman–Crippen LogP) is 2.64. The van der Waals surface area contributed by atoms with Crippen molar-refractivity contribution in [1.29, 1.82) is 0 Å². The molecular weight excluding hydrogens is 332 g/mol. The van der Waals surface area contributed by atoms with Crippen molar-refractivity contribution in [2.24, 2.45) is 0 Å². The standard InChI is InChI=1S/C18H22N6O2/c1-12(25-2)17-21-15-11-19-23-16(15)18(22-17)20-13-3-5-14(6-4-13)24-7-9-26-10-8-24/h3-6,11-12H,7-10H2,1-2H3,(H,19,23)(H,20,21,22). The van der Waals surface area contributed by atoms with Crippen LogP contribution in [0.1, 0.15) is 18.9 Å². The van der Waals surface area contributed by atoms with Gasteiger partial charge in [-0.15, -0.1) is 0 Å². The van der Waals surface area contributed by atoms with Crippen LogP contribution in [0.25, 0.3) is 11.0 Å². The number of hydrogen-bond acceptors (Lipinski definition) is 7. The smallest absolute Gasteiger partial charge is 0.160 e. The van der Waals surface area contributed by atoms with E-state index in [0.717, 1.165) is 43.0 Å². The summed E-state index contributed by atoms with van der Waals surface area (Å²) in [5, 5.41) is 10.4. The number of fused-ring (bicyclic) bond motifs is 1. The van der Waals surface area contributed by atoms with Crippen LogP contribution in [0.15, 0.2) is 30.5 Å². The number of ether oxygens (including phenoxy) is 2. The van der Waals surface area contributed by atoms with Crippen LogP contribution in [-0.4, -0.2) is 53.6 Å². The number of anilines is 3. The Morgan fingerprint density at radius 2 is 1.96 bits per heavy atom. The lowest BCUT2D eigenvalue weighted by Gasteiger charge is -2.28. The summed E-state index contributed by atoms with van der Waals surface area (Å²) in [4.78, 5) is 11.4. The van der Waals surface area contributed by atoms with Crippen LogP contribution in [0, 0.1) is 0 Å². The SMILES string of the molecule is COC(C)c1nc(Nc2ccc(N3CCOCC3)cc2)c2[nH]ncc2n1. The van der Waals surface area contributed by atoms with Crippen molar-refractivity contribution in [3.05, 3.63) is 36.3 Å². The van der Waals surface area contributed by atoms with Gasteiger partial charge in [0.2, 0.25) is 0 Å². The van der Waals surface area contributed by atoms with Gasteiger partial charge < -0.3 is 19.7 Å². The number of morpholine rings is 1. The first-order valence-electron chi connectivity index (χ1n) is 8.68. The largest absolute Gasteiger partial charge is 0.378 e. The topological polar surface area (TPSA) is 88.2 Å². The Morgan fingerprint density at radius 3 is 2.69 bits per heavy atom. The Labute approximate surface area is 151 Å². The van der Waals surface area contributed by atoms with Crippen molar-refractivity contribution in [1.82, 2.24) is 20.2 Å². The van der Waals surface area contributed by atoms with Gasteiger partial charge in [0.15, 0.2) is 11.6 Å². The van der Waals surface area contributed by atoms with Crippen molar-refractivity contribution >= 4 is 28.2 Å². The molecule has 1 aromatic carbocycles. The summed E-state index contributed by atoms with van der Waals surface area (Å²) in [5.41, 5.74) is 3.68. The first kappa shape index (κ1) is 16.7. The molecule has 2 aromatic heterocycles. The van der Waals surface area contributed by atoms with Crippen LogP contribution in [0.4, 0.5) is 17.2 Å². The Morgan fingerprint density at radius 1 is 1.19 bits per heavy atom. The maximum Gasteiger partial charge on any atom is 0.160 e. The van der Waals surface area contributed by atoms with E-state index in [1.807, 2.05) is 6.92 Å². The third-order valence-electron chi connectivity index (χ3n) is 4.54. The van der Waals surface area contributed by atoms with E-state index in [1.54, 1.807) is 13.3 Å². The second kappa shape index (κ2) is 7.27. The number of aromatic amines is 1. The number of rotatable bonds is 5. The van der Waals surface area contributed by atoms with Gasteiger partial charge in [-0.3, -0.25) is 5.10 Å². The van der Waals surface area contributed by atoms with Crippen molar-refractivity contribution in [3.8, 4) is 0 Å². The second-order valence-corrected chi connectivity index (χ2v) is 6.21. The third-order valence-corrected chi connectivity index (χ3v) is 4.54. The molecule has 1 unspecified atom stereocenters. The summed E-state index contributed by atoms with van der Waals surface area (Å²) in [7, 11) is 1.64. The maximum atomic E-state index is 5.41. The molecule has 3 heterocycles. The lowest BCUT2D eigenvalue weighted by atomic mass is 10.2. The molecule has 0 aliphatic carbocycles. The van der Waals surface area contributed by atoms with Crippen molar-refractivity contribution in [3.63, 3.8) is 0 Å². The highest BCUT2D eigenvalue weighted by Crippen LogP contribution is 2.26. The van der Waals surface area contributed by atoms with E-state index in [-0.39, 0.29) is 6.10 Å². The average Bonchev–Trinajstić information content (AvgIpc) is 3.17. The molecule has 1 fully saturated rings. The van der Waals surface area contributed by atoms with Gasteiger partial charge in [0.1, 0.15) is 17.1 Å². The fourth-order valence-electron chi connectivity index (χ4n) is 2.95. The third kappa shape index (κ3) is 3.33. The summed E-state index contributed by atoms with van der Waals surface area (Å²) >= 11 is 0. The zero-order chi connectivity index (χ0) is 17.9. The van der Waals surface area contributed by atoms with Crippen molar-refractivity contribution in [2.45, 2.75) is 13.0 Å². The molecule has 1 atom stereocenters. The maximum absolute atomic E-state index is 5.41. The molecule has 136 valence electrons. The fourth-order valence-corrected chi connectivity index (χ4v) is 2.95. The molecule has 0 bridgehead atoms. The Hall–Kier alpha value is -2.71. The van der Waals surface area contributed by atoms with Crippen LogP contribution in [0.5, 0.6) is 0 Å². The lowest BCUT2D eigenvalue weighted by molar-refractivity contribution is 0.112. The van der Waals surface area contributed by atoms with Crippen LogP contribution in [-0.2, 0) is 9.47 Å².